The minimum atomic E-state index is -4.43. The van der Waals surface area contributed by atoms with Gasteiger partial charge in [0.2, 0.25) is 5.91 Å². The van der Waals surface area contributed by atoms with Gasteiger partial charge in [-0.05, 0) is 30.5 Å². The summed E-state index contributed by atoms with van der Waals surface area (Å²) in [6, 6.07) is 4.98. The third-order valence-electron chi connectivity index (χ3n) is 3.51. The molecule has 0 unspecified atom stereocenters. The summed E-state index contributed by atoms with van der Waals surface area (Å²) < 4.78 is 41.0. The molecule has 1 N–H and O–H groups in total. The number of carbonyl (C=O) groups excluding carboxylic acids is 1. The quantitative estimate of drug-likeness (QED) is 0.899. The molecule has 1 amide bonds. The lowest BCUT2D eigenvalue weighted by Gasteiger charge is -2.21. The monoisotopic (exact) mass is 331 g/mol. The molecule has 0 aromatic heterocycles. The second-order valence-corrected chi connectivity index (χ2v) is 5.31. The van der Waals surface area contributed by atoms with E-state index in [1.165, 1.54) is 23.1 Å². The lowest BCUT2D eigenvalue weighted by atomic mass is 10.1. The molecule has 1 aromatic carbocycles. The third kappa shape index (κ3) is 4.87. The van der Waals surface area contributed by atoms with E-state index in [1.54, 1.807) is 6.07 Å². The van der Waals surface area contributed by atoms with Crippen molar-refractivity contribution in [2.24, 2.45) is 0 Å². The van der Waals surface area contributed by atoms with E-state index in [9.17, 15) is 22.8 Å². The van der Waals surface area contributed by atoms with Crippen LogP contribution in [0, 0.1) is 0 Å². The van der Waals surface area contributed by atoms with Gasteiger partial charge in [0.15, 0.2) is 6.61 Å². The average molecular weight is 331 g/mol. The van der Waals surface area contributed by atoms with Gasteiger partial charge in [-0.15, -0.1) is 0 Å². The van der Waals surface area contributed by atoms with Crippen molar-refractivity contribution in [2.75, 3.05) is 13.2 Å². The molecule has 1 aromatic rings. The first-order valence-corrected chi connectivity index (χ1v) is 7.07. The second kappa shape index (κ2) is 6.89. The summed E-state index contributed by atoms with van der Waals surface area (Å²) in [4.78, 5) is 24.6. The molecule has 5 nitrogen and oxygen atoms in total. The van der Waals surface area contributed by atoms with Crippen molar-refractivity contribution >= 4 is 11.9 Å². The van der Waals surface area contributed by atoms with E-state index >= 15 is 0 Å². The maximum absolute atomic E-state index is 12.2. The van der Waals surface area contributed by atoms with Gasteiger partial charge in [0, 0.05) is 6.54 Å². The number of hydrogen-bond acceptors (Lipinski definition) is 3. The number of carbonyl (C=O) groups is 2. The standard InChI is InChI=1S/C15H16F3NO4/c16-15(17,18)9-23-11-4-1-3-10(7-11)8-13(20)19-6-2-5-12(19)14(21)22/h1,3-4,7,12H,2,5-6,8-9H2,(H,21,22)/t12-/m1/s1. The Morgan fingerprint density at radius 2 is 2.09 bits per heavy atom. The van der Waals surface area contributed by atoms with Crippen LogP contribution in [0.25, 0.3) is 0 Å². The van der Waals surface area contributed by atoms with Crippen LogP contribution in [0.1, 0.15) is 18.4 Å². The Labute approximate surface area is 130 Å². The fourth-order valence-electron chi connectivity index (χ4n) is 2.51. The van der Waals surface area contributed by atoms with Crippen molar-refractivity contribution in [3.05, 3.63) is 29.8 Å². The Balaban J connectivity index is 2.00. The number of rotatable bonds is 5. The summed E-state index contributed by atoms with van der Waals surface area (Å²) in [6.07, 6.45) is -3.48. The van der Waals surface area contributed by atoms with Gasteiger partial charge in [0.05, 0.1) is 6.42 Å². The zero-order valence-electron chi connectivity index (χ0n) is 12.2. The van der Waals surface area contributed by atoms with Crippen LogP contribution in [0.15, 0.2) is 24.3 Å². The molecule has 0 radical (unpaired) electrons. The van der Waals surface area contributed by atoms with E-state index in [-0.39, 0.29) is 18.1 Å². The summed E-state index contributed by atoms with van der Waals surface area (Å²) in [6.45, 7) is -1.03. The molecule has 1 aliphatic heterocycles. The molecule has 1 atom stereocenters. The summed E-state index contributed by atoms with van der Waals surface area (Å²) in [5.74, 6) is -1.38. The van der Waals surface area contributed by atoms with Crippen LogP contribution in [-0.4, -0.2) is 47.3 Å². The number of benzene rings is 1. The molecule has 1 heterocycles. The molecule has 8 heteroatoms. The highest BCUT2D eigenvalue weighted by Gasteiger charge is 2.33. The van der Waals surface area contributed by atoms with E-state index in [1.807, 2.05) is 0 Å². The van der Waals surface area contributed by atoms with Gasteiger partial charge in [0.1, 0.15) is 11.8 Å². The van der Waals surface area contributed by atoms with Crippen molar-refractivity contribution in [1.29, 1.82) is 0 Å². The third-order valence-corrected chi connectivity index (χ3v) is 3.51. The Hall–Kier alpha value is -2.25. The van der Waals surface area contributed by atoms with E-state index < -0.39 is 24.8 Å². The number of aliphatic carboxylic acids is 1. The Bertz CT molecular complexity index is 588. The lowest BCUT2D eigenvalue weighted by Crippen LogP contribution is -2.41. The Morgan fingerprint density at radius 1 is 1.35 bits per heavy atom. The molecule has 1 aliphatic rings. The summed E-state index contributed by atoms with van der Waals surface area (Å²) in [7, 11) is 0. The first kappa shape index (κ1) is 17.1. The van der Waals surface area contributed by atoms with Crippen molar-refractivity contribution in [1.82, 2.24) is 4.90 Å². The minimum absolute atomic E-state index is 0.0174. The normalized spacial score (nSPS) is 18.0. The molecular weight excluding hydrogens is 315 g/mol. The first-order valence-electron chi connectivity index (χ1n) is 7.07. The highest BCUT2D eigenvalue weighted by atomic mass is 19.4. The van der Waals surface area contributed by atoms with Crippen LogP contribution in [0.3, 0.4) is 0 Å². The Morgan fingerprint density at radius 3 is 2.74 bits per heavy atom. The van der Waals surface area contributed by atoms with Gasteiger partial charge < -0.3 is 14.7 Å². The molecule has 2 rings (SSSR count). The van der Waals surface area contributed by atoms with Crippen molar-refractivity contribution in [3.63, 3.8) is 0 Å². The minimum Gasteiger partial charge on any atom is -0.484 e. The van der Waals surface area contributed by atoms with Crippen molar-refractivity contribution < 1.29 is 32.6 Å². The predicted octanol–water partition coefficient (Wildman–Crippen LogP) is 2.25. The van der Waals surface area contributed by atoms with Crippen molar-refractivity contribution in [3.8, 4) is 5.75 Å². The number of amides is 1. The van der Waals surface area contributed by atoms with Crippen LogP contribution in [0.2, 0.25) is 0 Å². The highest BCUT2D eigenvalue weighted by molar-refractivity contribution is 5.85. The lowest BCUT2D eigenvalue weighted by molar-refractivity contribution is -0.153. The first-order chi connectivity index (χ1) is 10.8. The number of alkyl halides is 3. The molecule has 23 heavy (non-hydrogen) atoms. The van der Waals surface area contributed by atoms with E-state index in [2.05, 4.69) is 4.74 Å². The number of carboxylic acids is 1. The zero-order chi connectivity index (χ0) is 17.0. The average Bonchev–Trinajstić information content (AvgIpc) is 2.94. The number of likely N-dealkylation sites (tertiary alicyclic amines) is 1. The Kier molecular flexibility index (Phi) is 5.12. The molecule has 1 fully saturated rings. The molecular formula is C15H16F3NO4. The number of nitrogens with zero attached hydrogens (tertiary/aromatic N) is 1. The van der Waals surface area contributed by atoms with Gasteiger partial charge >= 0.3 is 12.1 Å². The van der Waals surface area contributed by atoms with Crippen LogP contribution in [0.4, 0.5) is 13.2 Å². The number of hydrogen-bond donors (Lipinski definition) is 1. The van der Waals surface area contributed by atoms with E-state index in [0.717, 1.165) is 0 Å². The zero-order valence-corrected chi connectivity index (χ0v) is 12.2. The van der Waals surface area contributed by atoms with E-state index in [0.29, 0.717) is 24.9 Å². The molecule has 1 saturated heterocycles. The molecule has 0 aliphatic carbocycles. The molecule has 0 bridgehead atoms. The second-order valence-electron chi connectivity index (χ2n) is 5.31. The highest BCUT2D eigenvalue weighted by Crippen LogP contribution is 2.22. The molecule has 126 valence electrons. The van der Waals surface area contributed by atoms with Crippen LogP contribution >= 0.6 is 0 Å². The predicted molar refractivity (Wildman–Crippen MR) is 74.1 cm³/mol. The van der Waals surface area contributed by atoms with Gasteiger partial charge in [-0.25, -0.2) is 4.79 Å². The van der Waals surface area contributed by atoms with Gasteiger partial charge in [-0.1, -0.05) is 12.1 Å². The van der Waals surface area contributed by atoms with Crippen LogP contribution < -0.4 is 4.74 Å². The largest absolute Gasteiger partial charge is 0.484 e. The summed E-state index contributed by atoms with van der Waals surface area (Å²) in [5.41, 5.74) is 0.478. The SMILES string of the molecule is O=C(O)[C@H]1CCCN1C(=O)Cc1cccc(OCC(F)(F)F)c1. The number of halogens is 3. The van der Waals surface area contributed by atoms with Gasteiger partial charge in [0.25, 0.3) is 0 Å². The molecule has 0 saturated carbocycles. The van der Waals surface area contributed by atoms with E-state index in [4.69, 9.17) is 5.11 Å². The van der Waals surface area contributed by atoms with Crippen LogP contribution in [0.5, 0.6) is 5.75 Å². The maximum atomic E-state index is 12.2. The number of ether oxygens (including phenoxy) is 1. The van der Waals surface area contributed by atoms with Gasteiger partial charge in [-0.3, -0.25) is 4.79 Å². The fourth-order valence-corrected chi connectivity index (χ4v) is 2.51. The summed E-state index contributed by atoms with van der Waals surface area (Å²) >= 11 is 0. The maximum Gasteiger partial charge on any atom is 0.422 e. The van der Waals surface area contributed by atoms with Gasteiger partial charge in [-0.2, -0.15) is 13.2 Å². The fraction of sp³-hybridized carbons (Fsp3) is 0.467. The van der Waals surface area contributed by atoms with Crippen molar-refractivity contribution in [2.45, 2.75) is 31.5 Å². The molecule has 0 spiro atoms. The topological polar surface area (TPSA) is 66.8 Å². The van der Waals surface area contributed by atoms with Crippen LogP contribution in [-0.2, 0) is 16.0 Å². The summed E-state index contributed by atoms with van der Waals surface area (Å²) in [5, 5.41) is 9.07. The number of carboxylic acid groups (broad SMARTS) is 1. The smallest absolute Gasteiger partial charge is 0.422 e.